The van der Waals surface area contributed by atoms with Crippen molar-refractivity contribution in [2.75, 3.05) is 0 Å². The van der Waals surface area contributed by atoms with Crippen LogP contribution >= 0.6 is 0 Å². The van der Waals surface area contributed by atoms with Gasteiger partial charge in [-0.3, -0.25) is 9.78 Å². The van der Waals surface area contributed by atoms with Crippen LogP contribution in [0, 0.1) is 5.82 Å². The third kappa shape index (κ3) is 7.04. The first kappa shape index (κ1) is 22.2. The minimum Gasteiger partial charge on any atom is -0.453 e. The number of hydrogen-bond acceptors (Lipinski definition) is 4. The van der Waals surface area contributed by atoms with Gasteiger partial charge in [0.2, 0.25) is 5.91 Å². The summed E-state index contributed by atoms with van der Waals surface area (Å²) >= 11 is 0. The van der Waals surface area contributed by atoms with Crippen molar-refractivity contribution in [1.29, 1.82) is 0 Å². The number of nitrogens with one attached hydrogen (secondary N) is 1. The summed E-state index contributed by atoms with van der Waals surface area (Å²) in [6.07, 6.45) is 6.18. The van der Waals surface area contributed by atoms with Crippen LogP contribution < -0.4 is 10.1 Å². The third-order valence-corrected chi connectivity index (χ3v) is 4.39. The van der Waals surface area contributed by atoms with Gasteiger partial charge in [-0.25, -0.2) is 4.39 Å². The molecule has 0 fully saturated rings. The first-order valence-corrected chi connectivity index (χ1v) is 10.0. The molecule has 3 aromatic rings. The number of aromatic nitrogens is 1. The zero-order valence-corrected chi connectivity index (χ0v) is 17.5. The Labute approximate surface area is 181 Å². The predicted molar refractivity (Wildman–Crippen MR) is 118 cm³/mol. The molecule has 0 bridgehead atoms. The number of hydrogen-bond donors (Lipinski definition) is 1. The van der Waals surface area contributed by atoms with Gasteiger partial charge in [-0.1, -0.05) is 30.3 Å². The molecule has 0 saturated carbocycles. The van der Waals surface area contributed by atoms with Crippen LogP contribution in [0.5, 0.6) is 11.5 Å². The lowest BCUT2D eigenvalue weighted by molar-refractivity contribution is -0.116. The molecule has 1 N–H and O–H groups in total. The molecule has 0 spiro atoms. The fourth-order valence-electron chi connectivity index (χ4n) is 2.78. The maximum atomic E-state index is 14.3. The van der Waals surface area contributed by atoms with E-state index in [0.717, 1.165) is 11.1 Å². The van der Waals surface area contributed by atoms with Gasteiger partial charge in [-0.2, -0.15) is 0 Å². The molecule has 6 heteroatoms. The summed E-state index contributed by atoms with van der Waals surface area (Å²) in [5.74, 6) is -0.251. The summed E-state index contributed by atoms with van der Waals surface area (Å²) < 4.78 is 25.4. The zero-order chi connectivity index (χ0) is 22.1. The van der Waals surface area contributed by atoms with Crippen molar-refractivity contribution in [2.24, 2.45) is 0 Å². The number of rotatable bonds is 9. The van der Waals surface area contributed by atoms with Gasteiger partial charge < -0.3 is 14.8 Å². The molecule has 0 atom stereocenters. The Bertz CT molecular complexity index is 1040. The van der Waals surface area contributed by atoms with Crippen LogP contribution in [0.4, 0.5) is 4.39 Å². The van der Waals surface area contributed by atoms with E-state index in [1.54, 1.807) is 30.5 Å². The van der Waals surface area contributed by atoms with Crippen molar-refractivity contribution >= 4 is 12.0 Å². The summed E-state index contributed by atoms with van der Waals surface area (Å²) in [6.45, 7) is 4.84. The van der Waals surface area contributed by atoms with Gasteiger partial charge in [0.15, 0.2) is 11.6 Å². The summed E-state index contributed by atoms with van der Waals surface area (Å²) in [7, 11) is 0. The van der Waals surface area contributed by atoms with E-state index in [1.165, 1.54) is 24.4 Å². The minimum atomic E-state index is -0.523. The van der Waals surface area contributed by atoms with E-state index in [-0.39, 0.29) is 17.8 Å². The highest BCUT2D eigenvalue weighted by Gasteiger charge is 2.07. The summed E-state index contributed by atoms with van der Waals surface area (Å²) in [6, 6.07) is 15.7. The summed E-state index contributed by atoms with van der Waals surface area (Å²) in [5, 5.41) is 2.85. The molecule has 0 radical (unpaired) electrons. The molecule has 2 aromatic carbocycles. The smallest absolute Gasteiger partial charge is 0.244 e. The van der Waals surface area contributed by atoms with Gasteiger partial charge in [0.1, 0.15) is 5.75 Å². The molecule has 0 unspecified atom stereocenters. The molecule has 160 valence electrons. The van der Waals surface area contributed by atoms with Crippen LogP contribution in [-0.4, -0.2) is 17.0 Å². The van der Waals surface area contributed by atoms with Crippen LogP contribution in [0.1, 0.15) is 30.5 Å². The van der Waals surface area contributed by atoms with Crippen molar-refractivity contribution in [1.82, 2.24) is 10.3 Å². The van der Waals surface area contributed by atoms with Gasteiger partial charge in [-0.05, 0) is 60.9 Å². The van der Waals surface area contributed by atoms with E-state index in [1.807, 2.05) is 38.1 Å². The van der Waals surface area contributed by atoms with E-state index >= 15 is 0 Å². The molecular weight excluding hydrogens is 395 g/mol. The van der Waals surface area contributed by atoms with Crippen molar-refractivity contribution in [2.45, 2.75) is 33.1 Å². The lowest BCUT2D eigenvalue weighted by atomic mass is 10.1. The van der Waals surface area contributed by atoms with Crippen LogP contribution in [0.3, 0.4) is 0 Å². The van der Waals surface area contributed by atoms with E-state index in [4.69, 9.17) is 9.47 Å². The maximum absolute atomic E-state index is 14.3. The SMILES string of the molecule is CC(C)OCc1ccccc1CNC(=O)/C=C/c1ccc(Oc2cccnc2)c(F)c1. The van der Waals surface area contributed by atoms with Gasteiger partial charge in [-0.15, -0.1) is 0 Å². The average Bonchev–Trinajstić information content (AvgIpc) is 2.77. The molecular formula is C25H25FN2O3. The van der Waals surface area contributed by atoms with Crippen molar-refractivity contribution in [3.8, 4) is 11.5 Å². The number of benzene rings is 2. The monoisotopic (exact) mass is 420 g/mol. The largest absolute Gasteiger partial charge is 0.453 e. The first-order valence-electron chi connectivity index (χ1n) is 10.0. The number of pyridine rings is 1. The molecule has 3 rings (SSSR count). The van der Waals surface area contributed by atoms with Crippen LogP contribution in [-0.2, 0) is 22.7 Å². The fourth-order valence-corrected chi connectivity index (χ4v) is 2.78. The fraction of sp³-hybridized carbons (Fsp3) is 0.200. The Morgan fingerprint density at radius 2 is 1.94 bits per heavy atom. The number of carbonyl (C=O) groups is 1. The molecule has 0 aliphatic rings. The lowest BCUT2D eigenvalue weighted by Crippen LogP contribution is -2.21. The quantitative estimate of drug-likeness (QED) is 0.479. The number of carbonyl (C=O) groups excluding carboxylic acids is 1. The highest BCUT2D eigenvalue weighted by molar-refractivity contribution is 5.91. The minimum absolute atomic E-state index is 0.0924. The van der Waals surface area contributed by atoms with Gasteiger partial charge >= 0.3 is 0 Å². The molecule has 31 heavy (non-hydrogen) atoms. The zero-order valence-electron chi connectivity index (χ0n) is 17.5. The Kier molecular flexibility index (Phi) is 7.90. The second-order valence-electron chi connectivity index (χ2n) is 7.16. The molecule has 1 heterocycles. The second-order valence-corrected chi connectivity index (χ2v) is 7.16. The number of halogens is 1. The highest BCUT2D eigenvalue weighted by Crippen LogP contribution is 2.24. The summed E-state index contributed by atoms with van der Waals surface area (Å²) in [5.41, 5.74) is 2.58. The van der Waals surface area contributed by atoms with E-state index < -0.39 is 5.82 Å². The van der Waals surface area contributed by atoms with Gasteiger partial charge in [0.05, 0.1) is 18.9 Å². The van der Waals surface area contributed by atoms with E-state index in [2.05, 4.69) is 10.3 Å². The first-order chi connectivity index (χ1) is 15.0. The second kappa shape index (κ2) is 11.0. The average molecular weight is 420 g/mol. The standard InChI is InChI=1S/C25H25FN2O3/c1-18(2)30-17-21-7-4-3-6-20(21)15-28-25(29)12-10-19-9-11-24(23(26)14-19)31-22-8-5-13-27-16-22/h3-14,16,18H,15,17H2,1-2H3,(H,28,29)/b12-10+. The normalized spacial score (nSPS) is 11.1. The summed E-state index contributed by atoms with van der Waals surface area (Å²) in [4.78, 5) is 16.1. The number of ether oxygens (including phenoxy) is 2. The van der Waals surface area contributed by atoms with Crippen molar-refractivity contribution in [3.05, 3.63) is 95.6 Å². The molecule has 1 aromatic heterocycles. The molecule has 5 nitrogen and oxygen atoms in total. The maximum Gasteiger partial charge on any atom is 0.244 e. The van der Waals surface area contributed by atoms with Crippen molar-refractivity contribution < 1.29 is 18.7 Å². The van der Waals surface area contributed by atoms with Crippen LogP contribution in [0.15, 0.2) is 73.1 Å². The Hall–Kier alpha value is -3.51. The van der Waals surface area contributed by atoms with Crippen LogP contribution in [0.2, 0.25) is 0 Å². The Morgan fingerprint density at radius 3 is 2.65 bits per heavy atom. The van der Waals surface area contributed by atoms with E-state index in [0.29, 0.717) is 24.5 Å². The van der Waals surface area contributed by atoms with E-state index in [9.17, 15) is 9.18 Å². The van der Waals surface area contributed by atoms with Crippen LogP contribution in [0.25, 0.3) is 6.08 Å². The highest BCUT2D eigenvalue weighted by atomic mass is 19.1. The lowest BCUT2D eigenvalue weighted by Gasteiger charge is -2.12. The molecule has 0 aliphatic carbocycles. The van der Waals surface area contributed by atoms with Gasteiger partial charge in [0, 0.05) is 18.8 Å². The van der Waals surface area contributed by atoms with Crippen molar-refractivity contribution in [3.63, 3.8) is 0 Å². The Morgan fingerprint density at radius 1 is 1.13 bits per heavy atom. The topological polar surface area (TPSA) is 60.5 Å². The molecule has 1 amide bonds. The number of nitrogens with zero attached hydrogens (tertiary/aromatic N) is 1. The molecule has 0 saturated heterocycles. The number of amides is 1. The molecule has 0 aliphatic heterocycles. The Balaban J connectivity index is 1.56. The van der Waals surface area contributed by atoms with Gasteiger partial charge in [0.25, 0.3) is 0 Å². The third-order valence-electron chi connectivity index (χ3n) is 4.39. The predicted octanol–water partition coefficient (Wildman–Crippen LogP) is 5.27.